The molecule has 2 saturated heterocycles. The Morgan fingerprint density at radius 1 is 1.19 bits per heavy atom. The summed E-state index contributed by atoms with van der Waals surface area (Å²) in [6, 6.07) is 5.33. The first-order valence-corrected chi connectivity index (χ1v) is 9.08. The fourth-order valence-corrected chi connectivity index (χ4v) is 6.00. The fraction of sp³-hybridized carbons (Fsp3) is 0.600. The second-order valence-electron chi connectivity index (χ2n) is 6.34. The highest BCUT2D eigenvalue weighted by Crippen LogP contribution is 2.40. The quantitative estimate of drug-likeness (QED) is 0.865. The molecule has 0 aromatic heterocycles. The minimum absolute atomic E-state index is 0.0323. The summed E-state index contributed by atoms with van der Waals surface area (Å²) in [5, 5.41) is 13.1. The van der Waals surface area contributed by atoms with Crippen LogP contribution in [0.2, 0.25) is 0 Å². The maximum Gasteiger partial charge on any atom is 0.243 e. The van der Waals surface area contributed by atoms with Gasteiger partial charge < -0.3 is 10.4 Å². The molecule has 0 radical (unpaired) electrons. The van der Waals surface area contributed by atoms with Gasteiger partial charge in [-0.3, -0.25) is 0 Å². The number of benzene rings is 1. The van der Waals surface area contributed by atoms with E-state index in [2.05, 4.69) is 5.32 Å². The van der Waals surface area contributed by atoms with Gasteiger partial charge in [-0.1, -0.05) is 0 Å². The molecule has 3 aliphatic heterocycles. The smallest absolute Gasteiger partial charge is 0.243 e. The van der Waals surface area contributed by atoms with Crippen molar-refractivity contribution in [3.8, 4) is 0 Å². The molecule has 2 atom stereocenters. The number of anilines is 1. The van der Waals surface area contributed by atoms with Gasteiger partial charge in [0.15, 0.2) is 0 Å². The molecule has 2 fully saturated rings. The summed E-state index contributed by atoms with van der Waals surface area (Å²) in [7, 11) is -3.45. The topological polar surface area (TPSA) is 69.6 Å². The Hall–Kier alpha value is -1.11. The van der Waals surface area contributed by atoms with Crippen LogP contribution in [0.1, 0.15) is 31.2 Å². The molecule has 4 rings (SSSR count). The van der Waals surface area contributed by atoms with Crippen molar-refractivity contribution in [2.24, 2.45) is 0 Å². The summed E-state index contributed by atoms with van der Waals surface area (Å²) < 4.78 is 27.6. The molecule has 0 saturated carbocycles. The Bertz CT molecular complexity index is 659. The number of nitrogens with zero attached hydrogens (tertiary/aromatic N) is 1. The summed E-state index contributed by atoms with van der Waals surface area (Å²) in [5.41, 5.74) is 2.13. The standard InChI is InChI=1S/C15H20N2O3S/c18-13-8-11-1-2-12(9-13)17(11)21(19,20)14-3-4-15-10(7-14)5-6-16-15/h3-4,7,11-13,16,18H,1-2,5-6,8-9H2. The molecular formula is C15H20N2O3S. The largest absolute Gasteiger partial charge is 0.393 e. The molecule has 0 amide bonds. The monoisotopic (exact) mass is 308 g/mol. The molecular weight excluding hydrogens is 288 g/mol. The van der Waals surface area contributed by atoms with Crippen LogP contribution in [-0.2, 0) is 16.4 Å². The van der Waals surface area contributed by atoms with Gasteiger partial charge in [0, 0.05) is 24.3 Å². The van der Waals surface area contributed by atoms with Crippen molar-refractivity contribution in [2.75, 3.05) is 11.9 Å². The lowest BCUT2D eigenvalue weighted by molar-refractivity contribution is 0.0769. The molecule has 6 heteroatoms. The van der Waals surface area contributed by atoms with Gasteiger partial charge in [0.25, 0.3) is 0 Å². The number of nitrogens with one attached hydrogen (secondary N) is 1. The second-order valence-corrected chi connectivity index (χ2v) is 8.18. The molecule has 1 aromatic rings. The van der Waals surface area contributed by atoms with Crippen molar-refractivity contribution in [2.45, 2.75) is 55.2 Å². The Morgan fingerprint density at radius 3 is 2.62 bits per heavy atom. The minimum Gasteiger partial charge on any atom is -0.393 e. The van der Waals surface area contributed by atoms with Gasteiger partial charge in [-0.05, 0) is 55.9 Å². The highest BCUT2D eigenvalue weighted by molar-refractivity contribution is 7.89. The molecule has 0 aliphatic carbocycles. The van der Waals surface area contributed by atoms with E-state index in [0.717, 1.165) is 37.1 Å². The number of hydrogen-bond acceptors (Lipinski definition) is 4. The Labute approximate surface area is 125 Å². The third kappa shape index (κ3) is 2.08. The van der Waals surface area contributed by atoms with Crippen molar-refractivity contribution in [3.05, 3.63) is 23.8 Å². The summed E-state index contributed by atoms with van der Waals surface area (Å²) in [4.78, 5) is 0.401. The normalized spacial score (nSPS) is 32.0. The molecule has 3 heterocycles. The first kappa shape index (κ1) is 13.5. The van der Waals surface area contributed by atoms with E-state index in [0.29, 0.717) is 17.7 Å². The number of sulfonamides is 1. The number of piperidine rings is 1. The average Bonchev–Trinajstić information content (AvgIpc) is 3.01. The zero-order chi connectivity index (χ0) is 14.6. The first-order valence-electron chi connectivity index (χ1n) is 7.64. The summed E-state index contributed by atoms with van der Waals surface area (Å²) in [5.74, 6) is 0. The van der Waals surface area contributed by atoms with Gasteiger partial charge >= 0.3 is 0 Å². The lowest BCUT2D eigenvalue weighted by atomic mass is 10.0. The molecule has 1 aromatic carbocycles. The maximum absolute atomic E-state index is 13.0. The zero-order valence-electron chi connectivity index (χ0n) is 11.8. The van der Waals surface area contributed by atoms with E-state index in [1.54, 1.807) is 10.4 Å². The predicted molar refractivity (Wildman–Crippen MR) is 79.7 cm³/mol. The van der Waals surface area contributed by atoms with E-state index in [9.17, 15) is 13.5 Å². The zero-order valence-corrected chi connectivity index (χ0v) is 12.6. The molecule has 3 aliphatic rings. The van der Waals surface area contributed by atoms with Crippen LogP contribution in [0.4, 0.5) is 5.69 Å². The van der Waals surface area contributed by atoms with Crippen LogP contribution in [0.5, 0.6) is 0 Å². The Kier molecular flexibility index (Phi) is 3.03. The number of aliphatic hydroxyl groups excluding tert-OH is 1. The van der Waals surface area contributed by atoms with Crippen LogP contribution in [0, 0.1) is 0 Å². The van der Waals surface area contributed by atoms with E-state index in [-0.39, 0.29) is 18.2 Å². The second kappa shape index (κ2) is 4.69. The van der Waals surface area contributed by atoms with E-state index in [1.807, 2.05) is 12.1 Å². The van der Waals surface area contributed by atoms with Gasteiger partial charge in [-0.15, -0.1) is 0 Å². The molecule has 114 valence electrons. The summed E-state index contributed by atoms with van der Waals surface area (Å²) in [6.45, 7) is 0.875. The van der Waals surface area contributed by atoms with Gasteiger partial charge in [-0.2, -0.15) is 4.31 Å². The highest BCUT2D eigenvalue weighted by atomic mass is 32.2. The fourth-order valence-electron chi connectivity index (χ4n) is 4.06. The van der Waals surface area contributed by atoms with Crippen molar-refractivity contribution in [1.82, 2.24) is 4.31 Å². The van der Waals surface area contributed by atoms with E-state index < -0.39 is 10.0 Å². The SMILES string of the molecule is O=S(=O)(c1ccc2c(c1)CCN2)N1C2CCC1CC(O)C2. The Morgan fingerprint density at radius 2 is 1.90 bits per heavy atom. The molecule has 0 spiro atoms. The van der Waals surface area contributed by atoms with Crippen molar-refractivity contribution >= 4 is 15.7 Å². The van der Waals surface area contributed by atoms with Gasteiger partial charge in [0.1, 0.15) is 0 Å². The molecule has 2 bridgehead atoms. The van der Waals surface area contributed by atoms with Crippen molar-refractivity contribution in [3.63, 3.8) is 0 Å². The van der Waals surface area contributed by atoms with Gasteiger partial charge in [0.2, 0.25) is 10.0 Å². The number of hydrogen-bond donors (Lipinski definition) is 2. The van der Waals surface area contributed by atoms with Crippen LogP contribution < -0.4 is 5.32 Å². The number of fused-ring (bicyclic) bond motifs is 3. The van der Waals surface area contributed by atoms with Crippen LogP contribution in [0.15, 0.2) is 23.1 Å². The lowest BCUT2D eigenvalue weighted by Crippen LogP contribution is -2.47. The molecule has 21 heavy (non-hydrogen) atoms. The van der Waals surface area contributed by atoms with E-state index in [4.69, 9.17) is 0 Å². The third-order valence-corrected chi connectivity index (χ3v) is 7.00. The lowest BCUT2D eigenvalue weighted by Gasteiger charge is -2.36. The van der Waals surface area contributed by atoms with Crippen molar-refractivity contribution in [1.29, 1.82) is 0 Å². The highest BCUT2D eigenvalue weighted by Gasteiger charge is 2.46. The van der Waals surface area contributed by atoms with Crippen LogP contribution in [0.3, 0.4) is 0 Å². The van der Waals surface area contributed by atoms with Crippen LogP contribution in [0.25, 0.3) is 0 Å². The molecule has 5 nitrogen and oxygen atoms in total. The number of rotatable bonds is 2. The minimum atomic E-state index is -3.45. The van der Waals surface area contributed by atoms with Crippen LogP contribution >= 0.6 is 0 Å². The van der Waals surface area contributed by atoms with Gasteiger partial charge in [-0.25, -0.2) is 8.42 Å². The van der Waals surface area contributed by atoms with Gasteiger partial charge in [0.05, 0.1) is 11.0 Å². The first-order chi connectivity index (χ1) is 10.1. The average molecular weight is 308 g/mol. The molecule has 2 unspecified atom stereocenters. The summed E-state index contributed by atoms with van der Waals surface area (Å²) >= 11 is 0. The van der Waals surface area contributed by atoms with E-state index >= 15 is 0 Å². The number of aliphatic hydroxyl groups is 1. The molecule has 2 N–H and O–H groups in total. The van der Waals surface area contributed by atoms with E-state index in [1.165, 1.54) is 0 Å². The maximum atomic E-state index is 13.0. The van der Waals surface area contributed by atoms with Crippen LogP contribution in [-0.4, -0.2) is 42.6 Å². The predicted octanol–water partition coefficient (Wildman–Crippen LogP) is 1.33. The summed E-state index contributed by atoms with van der Waals surface area (Å²) in [6.07, 6.45) is 3.41. The van der Waals surface area contributed by atoms with Crippen molar-refractivity contribution < 1.29 is 13.5 Å². The Balaban J connectivity index is 1.71. The third-order valence-electron chi connectivity index (χ3n) is 5.00.